The molecule has 0 radical (unpaired) electrons. The van der Waals surface area contributed by atoms with Crippen molar-refractivity contribution in [1.29, 1.82) is 0 Å². The minimum absolute atomic E-state index is 0.250. The maximum Gasteiger partial charge on any atom is 0.290 e. The molecule has 10 heavy (non-hydrogen) atoms. The van der Waals surface area contributed by atoms with E-state index in [1.54, 1.807) is 0 Å². The van der Waals surface area contributed by atoms with Crippen molar-refractivity contribution in [3.63, 3.8) is 0 Å². The largest absolute Gasteiger partial charge is 0.483 e. The van der Waals surface area contributed by atoms with Crippen LogP contribution in [0.4, 0.5) is 0 Å². The Morgan fingerprint density at radius 1 is 1.20 bits per heavy atom. The highest BCUT2D eigenvalue weighted by molar-refractivity contribution is 5.32. The van der Waals surface area contributed by atoms with Crippen molar-refractivity contribution in [2.75, 3.05) is 0 Å². The molecule has 0 aromatic rings. The van der Waals surface area contributed by atoms with E-state index in [0.29, 0.717) is 12.2 Å². The van der Waals surface area contributed by atoms with E-state index < -0.39 is 0 Å². The van der Waals surface area contributed by atoms with Crippen LogP contribution in [0.15, 0.2) is 0 Å². The van der Waals surface area contributed by atoms with E-state index >= 15 is 0 Å². The van der Waals surface area contributed by atoms with E-state index in [-0.39, 0.29) is 6.47 Å². The standard InChI is InChI=1S/C6H10O.CH2O2/c1-2-6-4-3-5(1)7-6;2-1-3/h5-6H,1-4H2;1H,(H,2,3). The maximum atomic E-state index is 8.36. The Kier molecular flexibility index (Phi) is 2.68. The summed E-state index contributed by atoms with van der Waals surface area (Å²) in [4.78, 5) is 8.36. The molecule has 0 aromatic heterocycles. The first-order valence-electron chi connectivity index (χ1n) is 3.60. The summed E-state index contributed by atoms with van der Waals surface area (Å²) in [6, 6.07) is 0. The second kappa shape index (κ2) is 3.56. The van der Waals surface area contributed by atoms with Gasteiger partial charge in [0.15, 0.2) is 0 Å². The zero-order valence-electron chi connectivity index (χ0n) is 5.82. The summed E-state index contributed by atoms with van der Waals surface area (Å²) < 4.78 is 5.47. The lowest BCUT2D eigenvalue weighted by Crippen LogP contribution is -1.98. The van der Waals surface area contributed by atoms with Gasteiger partial charge in [0.1, 0.15) is 0 Å². The topological polar surface area (TPSA) is 46.5 Å². The first-order chi connectivity index (χ1) is 4.86. The Bertz CT molecular complexity index is 95.4. The Balaban J connectivity index is 0.000000148. The van der Waals surface area contributed by atoms with Crippen LogP contribution in [-0.2, 0) is 9.53 Å². The van der Waals surface area contributed by atoms with Crippen LogP contribution in [0.5, 0.6) is 0 Å². The van der Waals surface area contributed by atoms with Gasteiger partial charge in [0.05, 0.1) is 12.2 Å². The summed E-state index contributed by atoms with van der Waals surface area (Å²) in [5, 5.41) is 6.89. The fraction of sp³-hybridized carbons (Fsp3) is 0.857. The van der Waals surface area contributed by atoms with E-state index in [1.807, 2.05) is 0 Å². The van der Waals surface area contributed by atoms with Gasteiger partial charge >= 0.3 is 0 Å². The first kappa shape index (κ1) is 7.54. The third kappa shape index (κ3) is 1.70. The number of rotatable bonds is 0. The lowest BCUT2D eigenvalue weighted by molar-refractivity contribution is -0.122. The van der Waals surface area contributed by atoms with Crippen LogP contribution in [0.3, 0.4) is 0 Å². The molecule has 0 aliphatic carbocycles. The molecule has 3 heteroatoms. The molecule has 1 N–H and O–H groups in total. The summed E-state index contributed by atoms with van der Waals surface area (Å²) in [6.07, 6.45) is 6.69. The molecule has 0 aromatic carbocycles. The van der Waals surface area contributed by atoms with Crippen LogP contribution < -0.4 is 0 Å². The molecule has 3 nitrogen and oxygen atoms in total. The summed E-state index contributed by atoms with van der Waals surface area (Å²) in [7, 11) is 0. The van der Waals surface area contributed by atoms with Crippen LogP contribution in [0, 0.1) is 0 Å². The van der Waals surface area contributed by atoms with Crippen molar-refractivity contribution in [2.24, 2.45) is 0 Å². The summed E-state index contributed by atoms with van der Waals surface area (Å²) >= 11 is 0. The predicted molar refractivity (Wildman–Crippen MR) is 35.8 cm³/mol. The van der Waals surface area contributed by atoms with Crippen molar-refractivity contribution in [3.05, 3.63) is 0 Å². The van der Waals surface area contributed by atoms with Crippen LogP contribution in [0.1, 0.15) is 25.7 Å². The summed E-state index contributed by atoms with van der Waals surface area (Å²) in [6.45, 7) is -0.250. The quantitative estimate of drug-likeness (QED) is 0.516. The third-order valence-corrected chi connectivity index (χ3v) is 2.01. The molecule has 0 amide bonds. The number of carboxylic acid groups (broad SMARTS) is 1. The molecule has 2 saturated heterocycles. The van der Waals surface area contributed by atoms with Gasteiger partial charge in [-0.15, -0.1) is 0 Å². The van der Waals surface area contributed by atoms with Gasteiger partial charge in [0.2, 0.25) is 0 Å². The van der Waals surface area contributed by atoms with Gasteiger partial charge in [-0.1, -0.05) is 0 Å². The van der Waals surface area contributed by atoms with Crippen molar-refractivity contribution in [3.8, 4) is 0 Å². The van der Waals surface area contributed by atoms with Crippen molar-refractivity contribution >= 4 is 6.47 Å². The van der Waals surface area contributed by atoms with Gasteiger partial charge in [0.25, 0.3) is 6.47 Å². The van der Waals surface area contributed by atoms with E-state index in [2.05, 4.69) is 0 Å². The molecule has 2 aliphatic heterocycles. The van der Waals surface area contributed by atoms with Crippen molar-refractivity contribution in [1.82, 2.24) is 0 Å². The highest BCUT2D eigenvalue weighted by Crippen LogP contribution is 2.33. The molecule has 2 heterocycles. The predicted octanol–water partition coefficient (Wildman–Crippen LogP) is 1.03. The smallest absolute Gasteiger partial charge is 0.290 e. The van der Waals surface area contributed by atoms with Gasteiger partial charge in [-0.25, -0.2) is 0 Å². The molecule has 0 unspecified atom stereocenters. The second-order valence-electron chi connectivity index (χ2n) is 2.64. The molecule has 0 saturated carbocycles. The molecule has 2 aliphatic rings. The Hall–Kier alpha value is -0.570. The molecule has 2 rings (SSSR count). The molecule has 58 valence electrons. The fourth-order valence-corrected chi connectivity index (χ4v) is 1.58. The van der Waals surface area contributed by atoms with Gasteiger partial charge in [-0.05, 0) is 25.7 Å². The summed E-state index contributed by atoms with van der Waals surface area (Å²) in [5.41, 5.74) is 0. The molecule has 0 atom stereocenters. The molecular weight excluding hydrogens is 132 g/mol. The number of hydrogen-bond donors (Lipinski definition) is 1. The lowest BCUT2D eigenvalue weighted by atomic mass is 10.0. The van der Waals surface area contributed by atoms with Crippen LogP contribution in [0.2, 0.25) is 0 Å². The van der Waals surface area contributed by atoms with Gasteiger partial charge in [-0.2, -0.15) is 0 Å². The van der Waals surface area contributed by atoms with Crippen molar-refractivity contribution < 1.29 is 14.6 Å². The number of ether oxygens (including phenoxy) is 1. The molecule has 2 bridgehead atoms. The monoisotopic (exact) mass is 144 g/mol. The highest BCUT2D eigenvalue weighted by atomic mass is 16.5. The average molecular weight is 144 g/mol. The van der Waals surface area contributed by atoms with Crippen LogP contribution in [-0.4, -0.2) is 23.8 Å². The minimum Gasteiger partial charge on any atom is -0.483 e. The molecule has 0 spiro atoms. The molecule has 2 fully saturated rings. The fourth-order valence-electron chi connectivity index (χ4n) is 1.58. The molecular formula is C7H12O3. The summed E-state index contributed by atoms with van der Waals surface area (Å²) in [5.74, 6) is 0. The third-order valence-electron chi connectivity index (χ3n) is 2.01. The normalized spacial score (nSPS) is 34.8. The van der Waals surface area contributed by atoms with Crippen LogP contribution in [0.25, 0.3) is 0 Å². The van der Waals surface area contributed by atoms with Gasteiger partial charge in [-0.3, -0.25) is 4.79 Å². The number of fused-ring (bicyclic) bond motifs is 2. The zero-order chi connectivity index (χ0) is 7.40. The van der Waals surface area contributed by atoms with E-state index in [1.165, 1.54) is 25.7 Å². The van der Waals surface area contributed by atoms with E-state index in [0.717, 1.165) is 0 Å². The van der Waals surface area contributed by atoms with Crippen molar-refractivity contribution in [2.45, 2.75) is 37.9 Å². The average Bonchev–Trinajstić information content (AvgIpc) is 2.49. The minimum atomic E-state index is -0.250. The maximum absolute atomic E-state index is 8.36. The Morgan fingerprint density at radius 2 is 1.50 bits per heavy atom. The Morgan fingerprint density at radius 3 is 1.60 bits per heavy atom. The van der Waals surface area contributed by atoms with Gasteiger partial charge in [0, 0.05) is 0 Å². The van der Waals surface area contributed by atoms with E-state index in [9.17, 15) is 0 Å². The number of carbonyl (C=O) groups is 1. The first-order valence-corrected chi connectivity index (χ1v) is 3.60. The SMILES string of the molecule is C1CC2CCC1O2.O=CO. The van der Waals surface area contributed by atoms with Gasteiger partial charge < -0.3 is 9.84 Å². The number of hydrogen-bond acceptors (Lipinski definition) is 2. The van der Waals surface area contributed by atoms with E-state index in [4.69, 9.17) is 14.6 Å². The lowest BCUT2D eigenvalue weighted by Gasteiger charge is -2.00. The Labute approximate surface area is 60.0 Å². The zero-order valence-corrected chi connectivity index (χ0v) is 5.82. The second-order valence-corrected chi connectivity index (χ2v) is 2.64. The highest BCUT2D eigenvalue weighted by Gasteiger charge is 2.31. The van der Waals surface area contributed by atoms with Crippen LogP contribution >= 0.6 is 0 Å².